The van der Waals surface area contributed by atoms with Crippen molar-refractivity contribution in [2.45, 2.75) is 30.3 Å². The first-order valence-corrected chi connectivity index (χ1v) is 7.84. The Morgan fingerprint density at radius 3 is 2.89 bits per heavy atom. The van der Waals surface area contributed by atoms with E-state index < -0.39 is 15.6 Å². The van der Waals surface area contributed by atoms with Crippen LogP contribution in [0.25, 0.3) is 0 Å². The molecule has 0 saturated carbocycles. The molecular weight excluding hydrogens is 292 g/mol. The fourth-order valence-electron chi connectivity index (χ4n) is 1.85. The van der Waals surface area contributed by atoms with Gasteiger partial charge in [0.25, 0.3) is 5.56 Å². The Hall–Kier alpha value is -0.890. The molecule has 1 aliphatic rings. The Kier molecular flexibility index (Phi) is 4.62. The van der Waals surface area contributed by atoms with E-state index >= 15 is 0 Å². The molecule has 2 heterocycles. The molecule has 8 heteroatoms. The zero-order valence-corrected chi connectivity index (χ0v) is 11.8. The van der Waals surface area contributed by atoms with E-state index in [1.807, 2.05) is 0 Å². The lowest BCUT2D eigenvalue weighted by Crippen LogP contribution is -2.35. The van der Waals surface area contributed by atoms with Gasteiger partial charge >= 0.3 is 0 Å². The number of ether oxygens (including phenoxy) is 1. The molecular formula is C11H15ClN2O4S. The third-order valence-corrected chi connectivity index (χ3v) is 4.60. The number of halogens is 1. The second kappa shape index (κ2) is 6.04. The standard InChI is InChI=1S/C11H15ClN2O4S/c12-10-5-9(7-13-11(10)15)19(16,17)14-6-8-3-1-2-4-18-8/h5,7-8,14H,1-4,6H2,(H,13,15). The number of sulfonamides is 1. The molecule has 0 bridgehead atoms. The molecule has 0 aliphatic carbocycles. The van der Waals surface area contributed by atoms with Crippen molar-refractivity contribution in [3.63, 3.8) is 0 Å². The molecule has 1 aromatic rings. The van der Waals surface area contributed by atoms with E-state index in [0.29, 0.717) is 6.61 Å². The molecule has 0 amide bonds. The van der Waals surface area contributed by atoms with Crippen LogP contribution in [0.4, 0.5) is 0 Å². The van der Waals surface area contributed by atoms with Gasteiger partial charge in [-0.3, -0.25) is 4.79 Å². The Balaban J connectivity index is 2.04. The maximum absolute atomic E-state index is 12.0. The van der Waals surface area contributed by atoms with E-state index in [-0.39, 0.29) is 22.6 Å². The zero-order chi connectivity index (χ0) is 13.9. The summed E-state index contributed by atoms with van der Waals surface area (Å²) in [4.78, 5) is 13.3. The van der Waals surface area contributed by atoms with Crippen molar-refractivity contribution in [3.05, 3.63) is 27.6 Å². The van der Waals surface area contributed by atoms with Gasteiger partial charge in [-0.05, 0) is 25.3 Å². The van der Waals surface area contributed by atoms with Crippen LogP contribution in [0.1, 0.15) is 19.3 Å². The number of aromatic nitrogens is 1. The van der Waals surface area contributed by atoms with Crippen molar-refractivity contribution in [1.29, 1.82) is 0 Å². The van der Waals surface area contributed by atoms with Crippen molar-refractivity contribution < 1.29 is 13.2 Å². The zero-order valence-electron chi connectivity index (χ0n) is 10.2. The number of H-pyrrole nitrogens is 1. The molecule has 1 unspecified atom stereocenters. The van der Waals surface area contributed by atoms with Gasteiger partial charge in [-0.1, -0.05) is 11.6 Å². The first-order valence-electron chi connectivity index (χ1n) is 5.98. The van der Waals surface area contributed by atoms with Crippen LogP contribution in [0.15, 0.2) is 22.0 Å². The van der Waals surface area contributed by atoms with E-state index in [0.717, 1.165) is 31.5 Å². The molecule has 1 aromatic heterocycles. The number of hydrogen-bond acceptors (Lipinski definition) is 4. The molecule has 0 aromatic carbocycles. The molecule has 2 N–H and O–H groups in total. The quantitative estimate of drug-likeness (QED) is 0.864. The van der Waals surface area contributed by atoms with E-state index in [1.54, 1.807) is 0 Å². The van der Waals surface area contributed by atoms with Gasteiger partial charge in [0.15, 0.2) is 0 Å². The topological polar surface area (TPSA) is 88.3 Å². The van der Waals surface area contributed by atoms with E-state index in [1.165, 1.54) is 0 Å². The maximum atomic E-state index is 12.0. The van der Waals surface area contributed by atoms with E-state index in [4.69, 9.17) is 16.3 Å². The predicted octanol–water partition coefficient (Wildman–Crippen LogP) is 0.876. The summed E-state index contributed by atoms with van der Waals surface area (Å²) in [6, 6.07) is 1.13. The fraction of sp³-hybridized carbons (Fsp3) is 0.545. The van der Waals surface area contributed by atoms with E-state index in [2.05, 4.69) is 9.71 Å². The van der Waals surface area contributed by atoms with Crippen molar-refractivity contribution >= 4 is 21.6 Å². The van der Waals surface area contributed by atoms with Gasteiger partial charge in [0, 0.05) is 19.3 Å². The second-order valence-electron chi connectivity index (χ2n) is 4.35. The smallest absolute Gasteiger partial charge is 0.266 e. The first-order chi connectivity index (χ1) is 8.99. The van der Waals surface area contributed by atoms with Gasteiger partial charge in [-0.15, -0.1) is 0 Å². The van der Waals surface area contributed by atoms with E-state index in [9.17, 15) is 13.2 Å². The van der Waals surface area contributed by atoms with Gasteiger partial charge in [0.05, 0.1) is 11.0 Å². The molecule has 2 rings (SSSR count). The Bertz CT molecular complexity index is 593. The van der Waals surface area contributed by atoms with Gasteiger partial charge in [-0.2, -0.15) is 0 Å². The van der Waals surface area contributed by atoms with Crippen molar-refractivity contribution in [2.24, 2.45) is 0 Å². The lowest BCUT2D eigenvalue weighted by Gasteiger charge is -2.22. The summed E-state index contributed by atoms with van der Waals surface area (Å²) in [6.45, 7) is 0.885. The highest BCUT2D eigenvalue weighted by atomic mass is 35.5. The van der Waals surface area contributed by atoms with Crippen molar-refractivity contribution in [1.82, 2.24) is 9.71 Å². The monoisotopic (exact) mass is 306 g/mol. The fourth-order valence-corrected chi connectivity index (χ4v) is 3.14. The minimum Gasteiger partial charge on any atom is -0.377 e. The van der Waals surface area contributed by atoms with Crippen LogP contribution in [0.5, 0.6) is 0 Å². The molecule has 1 atom stereocenters. The molecule has 1 aliphatic heterocycles. The van der Waals surface area contributed by atoms with Gasteiger partial charge < -0.3 is 9.72 Å². The highest BCUT2D eigenvalue weighted by Crippen LogP contribution is 2.14. The van der Waals surface area contributed by atoms with Crippen molar-refractivity contribution in [3.8, 4) is 0 Å². The Morgan fingerprint density at radius 1 is 1.47 bits per heavy atom. The SMILES string of the molecule is O=c1[nH]cc(S(=O)(=O)NCC2CCCCO2)cc1Cl. The molecule has 0 radical (unpaired) electrons. The number of aromatic amines is 1. The third-order valence-electron chi connectivity index (χ3n) is 2.92. The van der Waals surface area contributed by atoms with Gasteiger partial charge in [-0.25, -0.2) is 13.1 Å². The predicted molar refractivity (Wildman–Crippen MR) is 70.9 cm³/mol. The van der Waals surface area contributed by atoms with Gasteiger partial charge in [0.2, 0.25) is 10.0 Å². The Labute approximate surface area is 116 Å². The highest BCUT2D eigenvalue weighted by molar-refractivity contribution is 7.89. The number of hydrogen-bond donors (Lipinski definition) is 2. The van der Waals surface area contributed by atoms with Crippen LogP contribution in [0, 0.1) is 0 Å². The molecule has 6 nitrogen and oxygen atoms in total. The lowest BCUT2D eigenvalue weighted by atomic mass is 10.1. The van der Waals surface area contributed by atoms with Crippen LogP contribution < -0.4 is 10.3 Å². The maximum Gasteiger partial charge on any atom is 0.266 e. The van der Waals surface area contributed by atoms with Crippen LogP contribution in [-0.4, -0.2) is 32.7 Å². The van der Waals surface area contributed by atoms with Crippen LogP contribution in [-0.2, 0) is 14.8 Å². The number of nitrogens with one attached hydrogen (secondary N) is 2. The normalized spacial score (nSPS) is 20.4. The van der Waals surface area contributed by atoms with Crippen LogP contribution in [0.3, 0.4) is 0 Å². The van der Waals surface area contributed by atoms with Crippen molar-refractivity contribution in [2.75, 3.05) is 13.2 Å². The molecule has 0 spiro atoms. The number of rotatable bonds is 4. The third kappa shape index (κ3) is 3.79. The summed E-state index contributed by atoms with van der Waals surface area (Å²) in [5.41, 5.74) is -0.517. The molecule has 106 valence electrons. The summed E-state index contributed by atoms with van der Waals surface area (Å²) in [7, 11) is -3.68. The first kappa shape index (κ1) is 14.5. The van der Waals surface area contributed by atoms with Gasteiger partial charge in [0.1, 0.15) is 5.02 Å². The second-order valence-corrected chi connectivity index (χ2v) is 6.53. The average Bonchev–Trinajstić information content (AvgIpc) is 2.41. The van der Waals surface area contributed by atoms with Crippen LogP contribution in [0.2, 0.25) is 5.02 Å². The number of pyridine rings is 1. The largest absolute Gasteiger partial charge is 0.377 e. The summed E-state index contributed by atoms with van der Waals surface area (Å²) in [5.74, 6) is 0. The highest BCUT2D eigenvalue weighted by Gasteiger charge is 2.20. The molecule has 1 saturated heterocycles. The average molecular weight is 307 g/mol. The Morgan fingerprint density at radius 2 is 2.26 bits per heavy atom. The summed E-state index contributed by atoms with van der Waals surface area (Å²) < 4.78 is 31.9. The molecule has 19 heavy (non-hydrogen) atoms. The minimum absolute atomic E-state index is 0.0621. The summed E-state index contributed by atoms with van der Waals surface area (Å²) >= 11 is 5.61. The lowest BCUT2D eigenvalue weighted by molar-refractivity contribution is 0.0200. The van der Waals surface area contributed by atoms with Crippen LogP contribution >= 0.6 is 11.6 Å². The molecule has 1 fully saturated rings. The summed E-state index contributed by atoms with van der Waals surface area (Å²) in [6.07, 6.45) is 3.92. The minimum atomic E-state index is -3.68. The summed E-state index contributed by atoms with van der Waals surface area (Å²) in [5, 5.41) is -0.156.